The van der Waals surface area contributed by atoms with Gasteiger partial charge in [-0.1, -0.05) is 78.7 Å². The highest BCUT2D eigenvalue weighted by molar-refractivity contribution is 14.1. The molecule has 2 aromatic heterocycles. The molecular weight excluding hydrogens is 632 g/mol. The van der Waals surface area contributed by atoms with Crippen molar-refractivity contribution in [2.24, 2.45) is 5.92 Å². The lowest BCUT2D eigenvalue weighted by Crippen LogP contribution is -2.36. The molecule has 1 saturated carbocycles. The van der Waals surface area contributed by atoms with E-state index < -0.39 is 7.41 Å². The van der Waals surface area contributed by atoms with Crippen molar-refractivity contribution >= 4 is 68.7 Å². The van der Waals surface area contributed by atoms with Crippen molar-refractivity contribution in [3.8, 4) is 0 Å². The molecule has 0 saturated heterocycles. The minimum Gasteiger partial charge on any atom is -0.317 e. The molecule has 1 N–H and O–H groups in total. The number of anilines is 1. The molecule has 0 radical (unpaired) electrons. The normalized spacial score (nSPS) is 14.2. The van der Waals surface area contributed by atoms with Crippen molar-refractivity contribution in [1.29, 1.82) is 0 Å². The number of halogens is 1. The zero-order valence-corrected chi connectivity index (χ0v) is 25.0. The Balaban J connectivity index is 1.44. The molecule has 1 aliphatic rings. The van der Waals surface area contributed by atoms with Crippen molar-refractivity contribution in [3.63, 3.8) is 0 Å². The van der Waals surface area contributed by atoms with Crippen molar-refractivity contribution in [3.05, 3.63) is 101 Å². The third-order valence-corrected chi connectivity index (χ3v) is 12.0. The molecule has 9 heteroatoms. The minimum atomic E-state index is -2.43. The largest absolute Gasteiger partial charge is 0.335 e. The topological polar surface area (TPSA) is 81.9 Å². The standard InChI is InChI=1S/C31H30IN5O2P/c32-29-28-30(33-22-34-31(28)37(35-29)39-27(38)21-23-13-5-1-6-14-23)36-40(24-15-7-2-8-16-24,25-17-9-3-10-18-25)26-19-11-4-12-20-26/h2-4,7-12,15-20,22-23H,1,5-6,13-14,21H2,(H,33,34,36)/q+1. The summed E-state index contributed by atoms with van der Waals surface area (Å²) in [5.41, 5.74) is 0.464. The molecule has 7 nitrogen and oxygen atoms in total. The van der Waals surface area contributed by atoms with Crippen LogP contribution in [0.25, 0.3) is 11.0 Å². The van der Waals surface area contributed by atoms with Gasteiger partial charge in [-0.3, -0.25) is 0 Å². The molecule has 40 heavy (non-hydrogen) atoms. The van der Waals surface area contributed by atoms with Crippen LogP contribution in [0.2, 0.25) is 0 Å². The molecule has 0 spiro atoms. The molecule has 1 aliphatic carbocycles. The molecule has 6 rings (SSSR count). The van der Waals surface area contributed by atoms with Gasteiger partial charge in [0.05, 0.1) is 6.42 Å². The van der Waals surface area contributed by atoms with Crippen LogP contribution in [0.15, 0.2) is 97.3 Å². The second kappa shape index (κ2) is 12.0. The Morgan fingerprint density at radius 2 is 1.40 bits per heavy atom. The number of aromatic nitrogens is 4. The van der Waals surface area contributed by atoms with E-state index in [9.17, 15) is 4.79 Å². The Labute approximate surface area is 247 Å². The van der Waals surface area contributed by atoms with Gasteiger partial charge in [-0.05, 0) is 77.7 Å². The number of nitrogens with one attached hydrogen (secondary N) is 1. The Hall–Kier alpha value is -3.36. The summed E-state index contributed by atoms with van der Waals surface area (Å²) in [6, 6.07) is 31.5. The third-order valence-electron chi connectivity index (χ3n) is 7.47. The van der Waals surface area contributed by atoms with E-state index in [1.165, 1.54) is 46.3 Å². The van der Waals surface area contributed by atoms with E-state index in [0.29, 0.717) is 27.5 Å². The Bertz CT molecular complexity index is 1500. The van der Waals surface area contributed by atoms with E-state index >= 15 is 0 Å². The molecule has 0 unspecified atom stereocenters. The monoisotopic (exact) mass is 662 g/mol. The van der Waals surface area contributed by atoms with Crippen LogP contribution in [0.1, 0.15) is 38.5 Å². The number of carbonyl (C=O) groups excluding carboxylic acids is 1. The Kier molecular flexibility index (Phi) is 8.07. The lowest BCUT2D eigenvalue weighted by molar-refractivity contribution is -0.146. The molecule has 0 aliphatic heterocycles. The zero-order valence-electron chi connectivity index (χ0n) is 22.0. The van der Waals surface area contributed by atoms with E-state index in [4.69, 9.17) is 9.82 Å². The second-order valence-corrected chi connectivity index (χ2v) is 14.2. The quantitative estimate of drug-likeness (QED) is 0.170. The summed E-state index contributed by atoms with van der Waals surface area (Å²) < 4.78 is 0.661. The van der Waals surface area contributed by atoms with Crippen LogP contribution >= 0.6 is 30.0 Å². The second-order valence-electron chi connectivity index (χ2n) is 10.0. The predicted molar refractivity (Wildman–Crippen MR) is 170 cm³/mol. The van der Waals surface area contributed by atoms with Crippen molar-refractivity contribution in [1.82, 2.24) is 19.9 Å². The molecule has 1 fully saturated rings. The van der Waals surface area contributed by atoms with Crippen molar-refractivity contribution < 1.29 is 9.63 Å². The average Bonchev–Trinajstić information content (AvgIpc) is 3.33. The maximum absolute atomic E-state index is 12.9. The van der Waals surface area contributed by atoms with Gasteiger partial charge in [0.25, 0.3) is 0 Å². The van der Waals surface area contributed by atoms with E-state index in [0.717, 1.165) is 18.2 Å². The number of benzene rings is 3. The van der Waals surface area contributed by atoms with Gasteiger partial charge >= 0.3 is 5.97 Å². The van der Waals surface area contributed by atoms with Crippen LogP contribution in [0, 0.1) is 9.62 Å². The van der Waals surface area contributed by atoms with Gasteiger partial charge in [-0.25, -0.2) is 19.8 Å². The Morgan fingerprint density at radius 3 is 1.95 bits per heavy atom. The van der Waals surface area contributed by atoms with Crippen molar-refractivity contribution in [2.45, 2.75) is 38.5 Å². The fourth-order valence-electron chi connectivity index (χ4n) is 5.55. The highest BCUT2D eigenvalue weighted by atomic mass is 127. The van der Waals surface area contributed by atoms with Crippen LogP contribution in [0.5, 0.6) is 0 Å². The third kappa shape index (κ3) is 5.34. The maximum atomic E-state index is 12.9. The van der Waals surface area contributed by atoms with Gasteiger partial charge in [-0.15, -0.1) is 5.10 Å². The molecule has 0 bridgehead atoms. The molecule has 5 aromatic rings. The smallest absolute Gasteiger partial charge is 0.317 e. The number of nitrogens with zero attached hydrogens (tertiary/aromatic N) is 4. The van der Waals surface area contributed by atoms with Gasteiger partial charge in [0.1, 0.15) is 31.3 Å². The summed E-state index contributed by atoms with van der Waals surface area (Å²) in [5, 5.41) is 12.7. The van der Waals surface area contributed by atoms with Crippen LogP contribution in [0.4, 0.5) is 5.82 Å². The highest BCUT2D eigenvalue weighted by Crippen LogP contribution is 2.55. The first-order valence-corrected chi connectivity index (χ1v) is 16.5. The van der Waals surface area contributed by atoms with Crippen LogP contribution in [-0.4, -0.2) is 25.9 Å². The minimum absolute atomic E-state index is 0.277. The fourth-order valence-corrected chi connectivity index (χ4v) is 9.87. The number of hydrogen-bond donors (Lipinski definition) is 1. The van der Waals surface area contributed by atoms with Crippen LogP contribution < -0.4 is 25.8 Å². The predicted octanol–water partition coefficient (Wildman–Crippen LogP) is 5.68. The SMILES string of the molecule is O=C(CC1CCCCC1)On1nc(I)c2c(N[P+](c3ccccc3)(c3ccccc3)c3ccccc3)ncnc21. The Morgan fingerprint density at radius 1 is 0.850 bits per heavy atom. The number of fused-ring (bicyclic) bond motifs is 1. The molecule has 3 aromatic carbocycles. The molecule has 202 valence electrons. The van der Waals surface area contributed by atoms with Crippen LogP contribution in [0.3, 0.4) is 0 Å². The van der Waals surface area contributed by atoms with E-state index in [2.05, 4.69) is 111 Å². The van der Waals surface area contributed by atoms with Crippen LogP contribution in [-0.2, 0) is 4.79 Å². The summed E-state index contributed by atoms with van der Waals surface area (Å²) in [6.45, 7) is 0. The van der Waals surface area contributed by atoms with Gasteiger partial charge in [0.15, 0.2) is 5.82 Å². The van der Waals surface area contributed by atoms with Gasteiger partial charge in [-0.2, -0.15) is 0 Å². The zero-order chi connectivity index (χ0) is 27.4. The maximum Gasteiger partial charge on any atom is 0.335 e. The van der Waals surface area contributed by atoms with Gasteiger partial charge in [0, 0.05) is 0 Å². The fraction of sp³-hybridized carbons (Fsp3) is 0.226. The number of carbonyl (C=O) groups is 1. The lowest BCUT2D eigenvalue weighted by atomic mass is 9.87. The van der Waals surface area contributed by atoms with E-state index in [1.54, 1.807) is 0 Å². The summed E-state index contributed by atoms with van der Waals surface area (Å²) >= 11 is 2.17. The number of rotatable bonds is 8. The molecule has 0 atom stereocenters. The molecular formula is C31H30IN5O2P+. The molecule has 0 amide bonds. The summed E-state index contributed by atoms with van der Waals surface area (Å²) in [6.07, 6.45) is 7.66. The van der Waals surface area contributed by atoms with E-state index in [-0.39, 0.29) is 5.97 Å². The summed E-state index contributed by atoms with van der Waals surface area (Å²) in [5.74, 6) is 0.747. The first-order valence-electron chi connectivity index (χ1n) is 13.6. The molecule has 2 heterocycles. The highest BCUT2D eigenvalue weighted by Gasteiger charge is 2.47. The first kappa shape index (κ1) is 26.8. The van der Waals surface area contributed by atoms with Crippen molar-refractivity contribution in [2.75, 3.05) is 5.09 Å². The van der Waals surface area contributed by atoms with Gasteiger partial charge in [0.2, 0.25) is 13.1 Å². The summed E-state index contributed by atoms with van der Waals surface area (Å²) in [7, 11) is -2.43. The summed E-state index contributed by atoms with van der Waals surface area (Å²) in [4.78, 5) is 29.1. The van der Waals surface area contributed by atoms with Gasteiger partial charge < -0.3 is 4.84 Å². The average molecular weight is 662 g/mol. The lowest BCUT2D eigenvalue weighted by Gasteiger charge is -2.28. The number of hydrogen-bond acceptors (Lipinski definition) is 6. The first-order chi connectivity index (χ1) is 19.6. The van der Waals surface area contributed by atoms with E-state index in [1.807, 2.05) is 18.2 Å².